The Labute approximate surface area is 186 Å². The normalized spacial score (nSPS) is 11.4. The second-order valence-corrected chi connectivity index (χ2v) is 8.86. The maximum atomic E-state index is 11.7. The van der Waals surface area contributed by atoms with Crippen LogP contribution in [0.3, 0.4) is 0 Å². The first-order chi connectivity index (χ1) is 14.7. The second-order valence-electron chi connectivity index (χ2n) is 8.09. The molecule has 0 aliphatic carbocycles. The van der Waals surface area contributed by atoms with Crippen LogP contribution in [0.5, 0.6) is 5.75 Å². The van der Waals surface area contributed by atoms with Gasteiger partial charge < -0.3 is 20.5 Å². The fourth-order valence-corrected chi connectivity index (χ4v) is 3.44. The Hall–Kier alpha value is -3.00. The average molecular weight is 441 g/mol. The van der Waals surface area contributed by atoms with E-state index < -0.39 is 11.7 Å². The molecule has 0 unspecified atom stereocenters. The van der Waals surface area contributed by atoms with E-state index in [-0.39, 0.29) is 5.75 Å². The zero-order valence-electron chi connectivity index (χ0n) is 18.2. The molecule has 0 atom stereocenters. The van der Waals surface area contributed by atoms with E-state index in [2.05, 4.69) is 20.6 Å². The molecule has 8 heteroatoms. The molecule has 1 amide bonds. The Morgan fingerprint density at radius 3 is 2.68 bits per heavy atom. The van der Waals surface area contributed by atoms with E-state index in [9.17, 15) is 9.90 Å². The number of fused-ring (bicyclic) bond motifs is 1. The van der Waals surface area contributed by atoms with E-state index in [1.165, 1.54) is 11.8 Å². The van der Waals surface area contributed by atoms with Gasteiger partial charge in [-0.05, 0) is 69.7 Å². The van der Waals surface area contributed by atoms with Gasteiger partial charge in [0.2, 0.25) is 0 Å². The number of phenolic OH excluding ortho intramolecular Hbond substituents is 1. The fourth-order valence-electron chi connectivity index (χ4n) is 3.06. The lowest BCUT2D eigenvalue weighted by Gasteiger charge is -2.19. The molecule has 3 aromatic rings. The van der Waals surface area contributed by atoms with Crippen LogP contribution in [0.25, 0.3) is 10.9 Å². The zero-order valence-corrected chi connectivity index (χ0v) is 19.0. The van der Waals surface area contributed by atoms with Gasteiger partial charge in [-0.1, -0.05) is 30.0 Å². The Balaban J connectivity index is 1.67. The van der Waals surface area contributed by atoms with E-state index in [1.54, 1.807) is 12.1 Å². The summed E-state index contributed by atoms with van der Waals surface area (Å²) in [6.45, 7) is 6.06. The number of carbonyl (C=O) groups is 1. The van der Waals surface area contributed by atoms with E-state index in [0.717, 1.165) is 24.1 Å². The summed E-state index contributed by atoms with van der Waals surface area (Å²) in [6.07, 6.45) is 3.11. The van der Waals surface area contributed by atoms with Crippen LogP contribution in [-0.4, -0.2) is 39.6 Å². The molecule has 0 saturated carbocycles. The number of hydrogen-bond donors (Lipinski definition) is 3. The van der Waals surface area contributed by atoms with Gasteiger partial charge in [-0.3, -0.25) is 0 Å². The highest BCUT2D eigenvalue weighted by atomic mass is 32.2. The molecule has 1 aromatic heterocycles. The molecule has 0 radical (unpaired) electrons. The molecule has 164 valence electrons. The van der Waals surface area contributed by atoms with Crippen molar-refractivity contribution in [2.75, 3.05) is 18.1 Å². The van der Waals surface area contributed by atoms with Crippen molar-refractivity contribution >= 4 is 40.3 Å². The number of aryl methyl sites for hydroxylation is 1. The number of rotatable bonds is 7. The highest BCUT2D eigenvalue weighted by Crippen LogP contribution is 2.32. The van der Waals surface area contributed by atoms with Gasteiger partial charge in [0, 0.05) is 12.2 Å². The van der Waals surface area contributed by atoms with Crippen molar-refractivity contribution in [1.82, 2.24) is 15.3 Å². The highest BCUT2D eigenvalue weighted by molar-refractivity contribution is 7.98. The Morgan fingerprint density at radius 2 is 1.94 bits per heavy atom. The lowest BCUT2D eigenvalue weighted by Crippen LogP contribution is -2.33. The third-order valence-electron chi connectivity index (χ3n) is 4.36. The average Bonchev–Trinajstić information content (AvgIpc) is 2.70. The number of alkyl carbamates (subject to hydrolysis) is 1. The molecule has 7 nitrogen and oxygen atoms in total. The number of phenols is 1. The van der Waals surface area contributed by atoms with Gasteiger partial charge in [0.1, 0.15) is 17.2 Å². The number of aromatic nitrogens is 2. The van der Waals surface area contributed by atoms with Crippen LogP contribution in [0.15, 0.2) is 47.6 Å². The lowest BCUT2D eigenvalue weighted by atomic mass is 10.1. The van der Waals surface area contributed by atoms with Crippen LogP contribution in [0.2, 0.25) is 0 Å². The molecule has 1 heterocycles. The van der Waals surface area contributed by atoms with Gasteiger partial charge in [0.15, 0.2) is 5.16 Å². The monoisotopic (exact) mass is 440 g/mol. The third kappa shape index (κ3) is 6.49. The van der Waals surface area contributed by atoms with Crippen LogP contribution in [0.1, 0.15) is 32.8 Å². The summed E-state index contributed by atoms with van der Waals surface area (Å²) in [5.74, 6) is 0.702. The fraction of sp³-hybridized carbons (Fsp3) is 0.348. The molecule has 0 aliphatic rings. The molecule has 3 rings (SSSR count). The number of thioether (sulfide) groups is 1. The van der Waals surface area contributed by atoms with Gasteiger partial charge in [-0.25, -0.2) is 14.8 Å². The minimum absolute atomic E-state index is 0.136. The second kappa shape index (κ2) is 9.87. The van der Waals surface area contributed by atoms with Crippen LogP contribution in [0, 0.1) is 0 Å². The molecule has 2 aromatic carbocycles. The minimum Gasteiger partial charge on any atom is -0.507 e. The summed E-state index contributed by atoms with van der Waals surface area (Å²) in [4.78, 5) is 20.8. The van der Waals surface area contributed by atoms with Crippen molar-refractivity contribution in [3.63, 3.8) is 0 Å². The van der Waals surface area contributed by atoms with Crippen molar-refractivity contribution in [2.24, 2.45) is 0 Å². The number of ether oxygens (including phenoxy) is 1. The van der Waals surface area contributed by atoms with Crippen molar-refractivity contribution in [1.29, 1.82) is 0 Å². The predicted molar refractivity (Wildman–Crippen MR) is 125 cm³/mol. The minimum atomic E-state index is -0.500. The summed E-state index contributed by atoms with van der Waals surface area (Å²) in [5, 5.41) is 17.7. The number of benzene rings is 2. The summed E-state index contributed by atoms with van der Waals surface area (Å²) < 4.78 is 5.24. The maximum absolute atomic E-state index is 11.7. The van der Waals surface area contributed by atoms with E-state index in [0.29, 0.717) is 28.4 Å². The molecule has 0 aliphatic heterocycles. The van der Waals surface area contributed by atoms with E-state index in [4.69, 9.17) is 4.74 Å². The first kappa shape index (κ1) is 22.7. The number of nitrogens with one attached hydrogen (secondary N) is 2. The Kier molecular flexibility index (Phi) is 7.22. The van der Waals surface area contributed by atoms with Gasteiger partial charge in [0.05, 0.1) is 10.9 Å². The largest absolute Gasteiger partial charge is 0.507 e. The lowest BCUT2D eigenvalue weighted by molar-refractivity contribution is 0.0527. The Morgan fingerprint density at radius 1 is 1.16 bits per heavy atom. The molecular weight excluding hydrogens is 412 g/mol. The predicted octanol–water partition coefficient (Wildman–Crippen LogP) is 5.26. The van der Waals surface area contributed by atoms with E-state index in [1.807, 2.05) is 57.4 Å². The molecule has 31 heavy (non-hydrogen) atoms. The third-order valence-corrected chi connectivity index (χ3v) is 4.91. The number of anilines is 2. The summed E-state index contributed by atoms with van der Waals surface area (Å²) in [6, 6.07) is 13.3. The van der Waals surface area contributed by atoms with Crippen molar-refractivity contribution in [2.45, 2.75) is 44.4 Å². The number of aromatic hydroxyl groups is 1. The van der Waals surface area contributed by atoms with E-state index >= 15 is 0 Å². The molecule has 0 fully saturated rings. The summed E-state index contributed by atoms with van der Waals surface area (Å²) in [7, 11) is 0. The quantitative estimate of drug-likeness (QED) is 0.262. The summed E-state index contributed by atoms with van der Waals surface area (Å²) >= 11 is 1.45. The van der Waals surface area contributed by atoms with Crippen LogP contribution in [-0.2, 0) is 11.2 Å². The van der Waals surface area contributed by atoms with Gasteiger partial charge in [-0.2, -0.15) is 0 Å². The molecule has 3 N–H and O–H groups in total. The SMILES string of the molecule is CSc1nc(Nc2cccc(CCCNC(=O)OC(C)(C)C)c2)c2c(O)cccc2n1. The topological polar surface area (TPSA) is 96.4 Å². The highest BCUT2D eigenvalue weighted by Gasteiger charge is 2.15. The van der Waals surface area contributed by atoms with Crippen molar-refractivity contribution in [3.8, 4) is 5.75 Å². The van der Waals surface area contributed by atoms with Crippen LogP contribution >= 0.6 is 11.8 Å². The smallest absolute Gasteiger partial charge is 0.407 e. The number of nitrogens with zero attached hydrogens (tertiary/aromatic N) is 2. The first-order valence-electron chi connectivity index (χ1n) is 10.1. The molecular formula is C23H28N4O3S. The molecule has 0 spiro atoms. The van der Waals surface area contributed by atoms with Crippen LogP contribution < -0.4 is 10.6 Å². The molecule has 0 bridgehead atoms. The van der Waals surface area contributed by atoms with Crippen molar-refractivity contribution in [3.05, 3.63) is 48.0 Å². The zero-order chi connectivity index (χ0) is 22.4. The number of amides is 1. The van der Waals surface area contributed by atoms with Crippen molar-refractivity contribution < 1.29 is 14.6 Å². The number of carbonyl (C=O) groups excluding carboxylic acids is 1. The first-order valence-corrected chi connectivity index (χ1v) is 11.3. The maximum Gasteiger partial charge on any atom is 0.407 e. The number of hydrogen-bond acceptors (Lipinski definition) is 7. The van der Waals surface area contributed by atoms with Gasteiger partial charge in [-0.15, -0.1) is 0 Å². The Bertz CT molecular complexity index is 1070. The van der Waals surface area contributed by atoms with Gasteiger partial charge in [0.25, 0.3) is 0 Å². The van der Waals surface area contributed by atoms with Gasteiger partial charge >= 0.3 is 6.09 Å². The molecule has 0 saturated heterocycles. The standard InChI is InChI=1S/C23H28N4O3S/c1-23(2,3)30-22(29)24-13-7-9-15-8-5-10-16(14-15)25-20-19-17(11-6-12-18(19)28)26-21(27-20)31-4/h5-6,8,10-12,14,28H,7,9,13H2,1-4H3,(H,24,29)(H,25,26,27). The van der Waals surface area contributed by atoms with Crippen LogP contribution in [0.4, 0.5) is 16.3 Å². The summed E-state index contributed by atoms with van der Waals surface area (Å²) in [5.41, 5.74) is 2.18.